The zero-order valence-electron chi connectivity index (χ0n) is 18.5. The molecule has 0 saturated carbocycles. The average molecular weight is 468 g/mol. The van der Waals surface area contributed by atoms with Gasteiger partial charge in [0, 0.05) is 18.0 Å². The Kier molecular flexibility index (Phi) is 5.80. The van der Waals surface area contributed by atoms with Crippen LogP contribution in [0.2, 0.25) is 0 Å². The second-order valence-electron chi connectivity index (χ2n) is 7.66. The number of para-hydroxylation sites is 1. The molecule has 2 aromatic carbocycles. The molecule has 1 amide bonds. The number of benzene rings is 2. The van der Waals surface area contributed by atoms with Gasteiger partial charge < -0.3 is 0 Å². The lowest BCUT2D eigenvalue weighted by Crippen LogP contribution is -2.19. The van der Waals surface area contributed by atoms with Crippen LogP contribution in [0, 0.1) is 18.6 Å². The van der Waals surface area contributed by atoms with Crippen molar-refractivity contribution in [1.29, 1.82) is 0 Å². The number of hydrogen-bond acceptors (Lipinski definition) is 5. The molecular weight excluding hydrogens is 450 g/mol. The normalized spacial score (nSPS) is 11.3. The van der Waals surface area contributed by atoms with E-state index < -0.39 is 17.5 Å². The van der Waals surface area contributed by atoms with Crippen LogP contribution in [-0.4, -0.2) is 31.9 Å². The standard InChI is InChI=1S/C26H18F2N6O/c1-16-24-19(26(35)32-30-15-20-21(27)10-5-11-22(20)28)13-23(17-7-6-12-29-14-17)31-25(24)34(33-16)18-8-3-2-4-9-18/h2-15H,1H3,(H,32,35). The van der Waals surface area contributed by atoms with Gasteiger partial charge in [0.25, 0.3) is 5.91 Å². The average Bonchev–Trinajstić information content (AvgIpc) is 3.22. The van der Waals surface area contributed by atoms with Gasteiger partial charge in [0.2, 0.25) is 0 Å². The highest BCUT2D eigenvalue weighted by molar-refractivity contribution is 6.08. The number of hydrazone groups is 1. The van der Waals surface area contributed by atoms with Crippen LogP contribution in [0.15, 0.2) is 84.2 Å². The van der Waals surface area contributed by atoms with Crippen molar-refractivity contribution in [2.75, 3.05) is 0 Å². The fourth-order valence-electron chi connectivity index (χ4n) is 3.73. The SMILES string of the molecule is Cc1nn(-c2ccccc2)c2nc(-c3cccnc3)cc(C(=O)NN=Cc3c(F)cccc3F)c12. The van der Waals surface area contributed by atoms with E-state index in [2.05, 4.69) is 20.6 Å². The molecule has 0 aliphatic carbocycles. The highest BCUT2D eigenvalue weighted by Gasteiger charge is 2.21. The Hall–Kier alpha value is -4.79. The molecule has 3 heterocycles. The third-order valence-electron chi connectivity index (χ3n) is 5.37. The zero-order valence-corrected chi connectivity index (χ0v) is 18.5. The number of aromatic nitrogens is 4. The van der Waals surface area contributed by atoms with Crippen LogP contribution in [0.25, 0.3) is 28.0 Å². The van der Waals surface area contributed by atoms with Gasteiger partial charge >= 0.3 is 0 Å². The van der Waals surface area contributed by atoms with Gasteiger partial charge in [-0.2, -0.15) is 10.2 Å². The van der Waals surface area contributed by atoms with Gasteiger partial charge in [-0.1, -0.05) is 24.3 Å². The minimum Gasteiger partial charge on any atom is -0.267 e. The summed E-state index contributed by atoms with van der Waals surface area (Å²) in [6, 6.07) is 18.1. The van der Waals surface area contributed by atoms with E-state index in [1.165, 1.54) is 6.07 Å². The first kappa shape index (κ1) is 22.0. The maximum Gasteiger partial charge on any atom is 0.272 e. The van der Waals surface area contributed by atoms with Gasteiger partial charge in [0.1, 0.15) is 11.6 Å². The van der Waals surface area contributed by atoms with E-state index >= 15 is 0 Å². The van der Waals surface area contributed by atoms with E-state index in [1.807, 2.05) is 36.4 Å². The van der Waals surface area contributed by atoms with Gasteiger partial charge in [-0.25, -0.2) is 23.9 Å². The Morgan fingerprint density at radius 2 is 1.80 bits per heavy atom. The molecule has 0 saturated heterocycles. The minimum absolute atomic E-state index is 0.264. The Morgan fingerprint density at radius 1 is 1.03 bits per heavy atom. The number of hydrogen-bond donors (Lipinski definition) is 1. The monoisotopic (exact) mass is 468 g/mol. The maximum atomic E-state index is 13.9. The third-order valence-corrected chi connectivity index (χ3v) is 5.37. The number of pyridine rings is 2. The predicted molar refractivity (Wildman–Crippen MR) is 128 cm³/mol. The van der Waals surface area contributed by atoms with Crippen molar-refractivity contribution in [2.24, 2.45) is 5.10 Å². The van der Waals surface area contributed by atoms with Crippen molar-refractivity contribution in [3.8, 4) is 16.9 Å². The summed E-state index contributed by atoms with van der Waals surface area (Å²) in [6.07, 6.45) is 4.22. The summed E-state index contributed by atoms with van der Waals surface area (Å²) in [7, 11) is 0. The van der Waals surface area contributed by atoms with Crippen molar-refractivity contribution in [3.63, 3.8) is 0 Å². The van der Waals surface area contributed by atoms with E-state index in [-0.39, 0.29) is 11.1 Å². The largest absolute Gasteiger partial charge is 0.272 e. The molecule has 9 heteroatoms. The molecule has 0 spiro atoms. The molecule has 172 valence electrons. The molecular formula is C26H18F2N6O. The van der Waals surface area contributed by atoms with Gasteiger partial charge in [0.15, 0.2) is 5.65 Å². The topological polar surface area (TPSA) is 85.1 Å². The highest BCUT2D eigenvalue weighted by Crippen LogP contribution is 2.28. The molecule has 0 atom stereocenters. The van der Waals surface area contributed by atoms with Crippen LogP contribution < -0.4 is 5.43 Å². The Morgan fingerprint density at radius 3 is 2.51 bits per heavy atom. The Bertz CT molecular complexity index is 1550. The molecule has 35 heavy (non-hydrogen) atoms. The molecule has 0 aliphatic rings. The number of nitrogens with zero attached hydrogens (tertiary/aromatic N) is 5. The smallest absolute Gasteiger partial charge is 0.267 e. The number of carbonyl (C=O) groups excluding carboxylic acids is 1. The number of amides is 1. The number of fused-ring (bicyclic) bond motifs is 1. The molecule has 0 radical (unpaired) electrons. The lowest BCUT2D eigenvalue weighted by atomic mass is 10.1. The second kappa shape index (κ2) is 9.22. The van der Waals surface area contributed by atoms with Crippen molar-refractivity contribution in [1.82, 2.24) is 25.2 Å². The van der Waals surface area contributed by atoms with Gasteiger partial charge in [0.05, 0.1) is 39.8 Å². The first-order valence-electron chi connectivity index (χ1n) is 10.7. The Balaban J connectivity index is 1.61. The maximum absolute atomic E-state index is 13.9. The van der Waals surface area contributed by atoms with Gasteiger partial charge in [-0.15, -0.1) is 0 Å². The van der Waals surface area contributed by atoms with Gasteiger partial charge in [-0.3, -0.25) is 9.78 Å². The number of halogens is 2. The zero-order chi connectivity index (χ0) is 24.4. The molecule has 0 aliphatic heterocycles. The minimum atomic E-state index is -0.784. The summed E-state index contributed by atoms with van der Waals surface area (Å²) in [5.74, 6) is -2.15. The summed E-state index contributed by atoms with van der Waals surface area (Å²) in [6.45, 7) is 1.78. The predicted octanol–water partition coefficient (Wildman–Crippen LogP) is 4.83. The van der Waals surface area contributed by atoms with Crippen molar-refractivity contribution < 1.29 is 13.6 Å². The van der Waals surface area contributed by atoms with Crippen molar-refractivity contribution in [3.05, 3.63) is 108 Å². The van der Waals surface area contributed by atoms with Crippen LogP contribution in [0.4, 0.5) is 8.78 Å². The number of aryl methyl sites for hydroxylation is 1. The van der Waals surface area contributed by atoms with E-state index in [0.29, 0.717) is 28.0 Å². The highest BCUT2D eigenvalue weighted by atomic mass is 19.1. The lowest BCUT2D eigenvalue weighted by Gasteiger charge is -2.08. The fourth-order valence-corrected chi connectivity index (χ4v) is 3.73. The van der Waals surface area contributed by atoms with E-state index in [1.54, 1.807) is 36.1 Å². The van der Waals surface area contributed by atoms with Crippen LogP contribution in [0.3, 0.4) is 0 Å². The molecule has 1 N–H and O–H groups in total. The number of carbonyl (C=O) groups is 1. The molecule has 7 nitrogen and oxygen atoms in total. The van der Waals surface area contributed by atoms with E-state index in [4.69, 9.17) is 4.98 Å². The number of nitrogens with one attached hydrogen (secondary N) is 1. The van der Waals surface area contributed by atoms with Crippen LogP contribution >= 0.6 is 0 Å². The Labute approximate surface area is 198 Å². The third kappa shape index (κ3) is 4.26. The first-order valence-corrected chi connectivity index (χ1v) is 10.7. The summed E-state index contributed by atoms with van der Waals surface area (Å²) in [5.41, 5.74) is 5.34. The lowest BCUT2D eigenvalue weighted by molar-refractivity contribution is 0.0956. The number of rotatable bonds is 5. The molecule has 0 unspecified atom stereocenters. The summed E-state index contributed by atoms with van der Waals surface area (Å²) >= 11 is 0. The fraction of sp³-hybridized carbons (Fsp3) is 0.0385. The van der Waals surface area contributed by atoms with Gasteiger partial charge in [-0.05, 0) is 49.4 Å². The van der Waals surface area contributed by atoms with Crippen LogP contribution in [0.1, 0.15) is 21.6 Å². The van der Waals surface area contributed by atoms with Crippen LogP contribution in [0.5, 0.6) is 0 Å². The first-order chi connectivity index (χ1) is 17.0. The summed E-state index contributed by atoms with van der Waals surface area (Å²) < 4.78 is 29.5. The summed E-state index contributed by atoms with van der Waals surface area (Å²) in [5, 5.41) is 8.92. The molecule has 5 aromatic rings. The van der Waals surface area contributed by atoms with E-state index in [9.17, 15) is 13.6 Å². The summed E-state index contributed by atoms with van der Waals surface area (Å²) in [4.78, 5) is 22.1. The van der Waals surface area contributed by atoms with Crippen LogP contribution in [-0.2, 0) is 0 Å². The molecule has 5 rings (SSSR count). The molecule has 0 fully saturated rings. The molecule has 3 aromatic heterocycles. The quantitative estimate of drug-likeness (QED) is 0.296. The second-order valence-corrected chi connectivity index (χ2v) is 7.66. The molecule has 0 bridgehead atoms. The van der Waals surface area contributed by atoms with E-state index in [0.717, 1.165) is 24.0 Å². The van der Waals surface area contributed by atoms with Crippen molar-refractivity contribution >= 4 is 23.2 Å². The van der Waals surface area contributed by atoms with Crippen molar-refractivity contribution in [2.45, 2.75) is 6.92 Å².